The van der Waals surface area contributed by atoms with Gasteiger partial charge in [-0.05, 0) is 32.3 Å². The van der Waals surface area contributed by atoms with Crippen molar-refractivity contribution in [2.45, 2.75) is 6.04 Å². The number of aromatic nitrogens is 1. The number of carbonyl (C=O) groups is 1. The van der Waals surface area contributed by atoms with Crippen LogP contribution in [0.1, 0.15) is 22.0 Å². The molecule has 7 heteroatoms. The van der Waals surface area contributed by atoms with Gasteiger partial charge in [-0.2, -0.15) is 0 Å². The summed E-state index contributed by atoms with van der Waals surface area (Å²) in [5.41, 5.74) is 5.95. The van der Waals surface area contributed by atoms with Crippen molar-refractivity contribution in [1.29, 1.82) is 0 Å². The number of nitrogens with zero attached hydrogens (tertiary/aromatic N) is 2. The molecule has 0 aliphatic rings. The fraction of sp³-hybridized carbons (Fsp3) is 0.250. The first-order chi connectivity index (χ1) is 10.9. The number of likely N-dealkylation sites (N-methyl/N-ethyl adjacent to an activating group) is 1. The maximum Gasteiger partial charge on any atom is 0.252 e. The molecule has 0 radical (unpaired) electrons. The van der Waals surface area contributed by atoms with Crippen LogP contribution in [0.4, 0.5) is 14.5 Å². The molecule has 1 unspecified atom stereocenters. The van der Waals surface area contributed by atoms with Gasteiger partial charge in [0.2, 0.25) is 0 Å². The highest BCUT2D eigenvalue weighted by Crippen LogP contribution is 2.25. The Morgan fingerprint density at radius 1 is 1.30 bits per heavy atom. The molecule has 0 aliphatic carbocycles. The summed E-state index contributed by atoms with van der Waals surface area (Å²) in [4.78, 5) is 16.9. The van der Waals surface area contributed by atoms with Gasteiger partial charge in [0, 0.05) is 24.5 Å². The van der Waals surface area contributed by atoms with Crippen molar-refractivity contribution >= 4 is 11.6 Å². The third-order valence-electron chi connectivity index (χ3n) is 3.53. The molecule has 1 amide bonds. The summed E-state index contributed by atoms with van der Waals surface area (Å²) in [7, 11) is 3.44. The number of amides is 1. The van der Waals surface area contributed by atoms with E-state index in [2.05, 4.69) is 10.3 Å². The molecular formula is C16H18F2N4O. The Morgan fingerprint density at radius 3 is 2.52 bits per heavy atom. The van der Waals surface area contributed by atoms with Crippen molar-refractivity contribution in [2.75, 3.05) is 26.0 Å². The number of nitrogens with two attached hydrogens (primary N) is 1. The number of carbonyl (C=O) groups excluding carboxylic acids is 1. The highest BCUT2D eigenvalue weighted by Gasteiger charge is 2.22. The zero-order valence-corrected chi connectivity index (χ0v) is 12.9. The molecule has 1 aromatic heterocycles. The molecule has 3 N–H and O–H groups in total. The molecule has 0 saturated heterocycles. The van der Waals surface area contributed by atoms with Crippen LogP contribution in [0.15, 0.2) is 36.7 Å². The van der Waals surface area contributed by atoms with Gasteiger partial charge in [-0.25, -0.2) is 8.78 Å². The zero-order valence-electron chi connectivity index (χ0n) is 12.9. The lowest BCUT2D eigenvalue weighted by atomic mass is 10.0. The fourth-order valence-electron chi connectivity index (χ4n) is 2.32. The molecular weight excluding hydrogens is 302 g/mol. The molecule has 0 aliphatic heterocycles. The zero-order chi connectivity index (χ0) is 17.0. The lowest BCUT2D eigenvalue weighted by Crippen LogP contribution is -2.29. The minimum Gasteiger partial charge on any atom is -0.382 e. The van der Waals surface area contributed by atoms with Crippen LogP contribution in [-0.4, -0.2) is 36.4 Å². The fourth-order valence-corrected chi connectivity index (χ4v) is 2.32. The molecule has 2 aromatic rings. The molecule has 23 heavy (non-hydrogen) atoms. The molecule has 0 bridgehead atoms. The van der Waals surface area contributed by atoms with Gasteiger partial charge < -0.3 is 16.0 Å². The van der Waals surface area contributed by atoms with E-state index in [1.165, 1.54) is 30.6 Å². The van der Waals surface area contributed by atoms with E-state index in [4.69, 9.17) is 5.73 Å². The van der Waals surface area contributed by atoms with Crippen molar-refractivity contribution in [3.8, 4) is 0 Å². The first-order valence-corrected chi connectivity index (χ1v) is 6.99. The Balaban J connectivity index is 2.27. The van der Waals surface area contributed by atoms with E-state index in [1.54, 1.807) is 25.1 Å². The molecule has 1 atom stereocenters. The monoisotopic (exact) mass is 320 g/mol. The maximum absolute atomic E-state index is 14.0. The lowest BCUT2D eigenvalue weighted by molar-refractivity contribution is 0.100. The maximum atomic E-state index is 14.0. The van der Waals surface area contributed by atoms with E-state index in [0.29, 0.717) is 5.69 Å². The van der Waals surface area contributed by atoms with Gasteiger partial charge in [0.25, 0.3) is 5.91 Å². The van der Waals surface area contributed by atoms with Crippen LogP contribution in [0.5, 0.6) is 0 Å². The highest BCUT2D eigenvalue weighted by atomic mass is 19.1. The van der Waals surface area contributed by atoms with E-state index >= 15 is 0 Å². The van der Waals surface area contributed by atoms with Crippen molar-refractivity contribution in [1.82, 2.24) is 9.88 Å². The number of primary amides is 1. The summed E-state index contributed by atoms with van der Waals surface area (Å²) in [6.45, 7) is 0.190. The molecule has 5 nitrogen and oxygen atoms in total. The Labute approximate surface area is 133 Å². The summed E-state index contributed by atoms with van der Waals surface area (Å²) in [5, 5.41) is 3.01. The number of nitrogens with one attached hydrogen (secondary N) is 1. The van der Waals surface area contributed by atoms with Gasteiger partial charge in [0.15, 0.2) is 0 Å². The molecule has 0 fully saturated rings. The predicted octanol–water partition coefficient (Wildman–Crippen LogP) is 2.17. The van der Waals surface area contributed by atoms with Crippen molar-refractivity contribution < 1.29 is 13.6 Å². The number of benzene rings is 1. The van der Waals surface area contributed by atoms with E-state index < -0.39 is 23.6 Å². The van der Waals surface area contributed by atoms with E-state index in [-0.39, 0.29) is 17.7 Å². The van der Waals surface area contributed by atoms with Crippen LogP contribution < -0.4 is 11.1 Å². The molecule has 0 saturated carbocycles. The summed E-state index contributed by atoms with van der Waals surface area (Å²) < 4.78 is 28.0. The Bertz CT molecular complexity index is 686. The van der Waals surface area contributed by atoms with Gasteiger partial charge in [-0.3, -0.25) is 9.78 Å². The predicted molar refractivity (Wildman–Crippen MR) is 84.0 cm³/mol. The smallest absolute Gasteiger partial charge is 0.252 e. The number of hydrogen-bond acceptors (Lipinski definition) is 4. The summed E-state index contributed by atoms with van der Waals surface area (Å²) in [5.74, 6) is -1.86. The minimum absolute atomic E-state index is 0.0281. The van der Waals surface area contributed by atoms with E-state index in [0.717, 1.165) is 0 Å². The second-order valence-electron chi connectivity index (χ2n) is 5.28. The first kappa shape index (κ1) is 16.8. The largest absolute Gasteiger partial charge is 0.382 e. The second-order valence-corrected chi connectivity index (χ2v) is 5.28. The van der Waals surface area contributed by atoms with Gasteiger partial charge in [-0.15, -0.1) is 0 Å². The molecule has 1 heterocycles. The van der Waals surface area contributed by atoms with Crippen LogP contribution in [0.3, 0.4) is 0 Å². The Morgan fingerprint density at radius 2 is 1.96 bits per heavy atom. The minimum atomic E-state index is -0.626. The Hall–Kier alpha value is -2.54. The standard InChI is InChI=1S/C16H18F2N4O/c1-22(2)14(15-11(17)4-3-5-12(15)18)9-21-13-6-7-20-8-10(13)16(19)23/h3-8,14H,9H2,1-2H3,(H2,19,23)(H,20,21). The second kappa shape index (κ2) is 7.15. The van der Waals surface area contributed by atoms with Gasteiger partial charge in [-0.1, -0.05) is 6.07 Å². The Kier molecular flexibility index (Phi) is 5.23. The lowest BCUT2D eigenvalue weighted by Gasteiger charge is -2.26. The number of halogens is 2. The van der Waals surface area contributed by atoms with Crippen LogP contribution in [0.2, 0.25) is 0 Å². The van der Waals surface area contributed by atoms with E-state index in [9.17, 15) is 13.6 Å². The molecule has 0 spiro atoms. The van der Waals surface area contributed by atoms with Crippen LogP contribution >= 0.6 is 0 Å². The topological polar surface area (TPSA) is 71.2 Å². The molecule has 122 valence electrons. The van der Waals surface area contributed by atoms with Crippen LogP contribution in [0, 0.1) is 11.6 Å². The number of rotatable bonds is 6. The van der Waals surface area contributed by atoms with Gasteiger partial charge in [0.1, 0.15) is 11.6 Å². The average Bonchev–Trinajstić information content (AvgIpc) is 2.50. The summed E-state index contributed by atoms with van der Waals surface area (Å²) in [6, 6.07) is 4.78. The number of pyridine rings is 1. The first-order valence-electron chi connectivity index (χ1n) is 6.99. The summed E-state index contributed by atoms with van der Waals surface area (Å²) >= 11 is 0. The van der Waals surface area contributed by atoms with Crippen molar-refractivity contribution in [3.05, 3.63) is 59.4 Å². The van der Waals surface area contributed by atoms with E-state index in [1.807, 2.05) is 0 Å². The SMILES string of the molecule is CN(C)C(CNc1ccncc1C(N)=O)c1c(F)cccc1F. The van der Waals surface area contributed by atoms with Gasteiger partial charge >= 0.3 is 0 Å². The summed E-state index contributed by atoms with van der Waals surface area (Å²) in [6.07, 6.45) is 2.85. The average molecular weight is 320 g/mol. The highest BCUT2D eigenvalue weighted by molar-refractivity contribution is 5.98. The molecule has 1 aromatic carbocycles. The quantitative estimate of drug-likeness (QED) is 0.856. The van der Waals surface area contributed by atoms with Crippen LogP contribution in [-0.2, 0) is 0 Å². The third-order valence-corrected chi connectivity index (χ3v) is 3.53. The number of anilines is 1. The van der Waals surface area contributed by atoms with Crippen molar-refractivity contribution in [3.63, 3.8) is 0 Å². The number of hydrogen-bond donors (Lipinski definition) is 2. The van der Waals surface area contributed by atoms with Crippen LogP contribution in [0.25, 0.3) is 0 Å². The normalized spacial score (nSPS) is 12.2. The third kappa shape index (κ3) is 3.81. The molecule has 2 rings (SSSR count). The van der Waals surface area contributed by atoms with Crippen molar-refractivity contribution in [2.24, 2.45) is 5.73 Å². The van der Waals surface area contributed by atoms with Gasteiger partial charge in [0.05, 0.1) is 17.3 Å².